The first-order valence-corrected chi connectivity index (χ1v) is 8.12. The lowest BCUT2D eigenvalue weighted by Gasteiger charge is -2.29. The lowest BCUT2D eigenvalue weighted by atomic mass is 9.98. The molecule has 2 saturated carbocycles. The Morgan fingerprint density at radius 2 is 1.80 bits per heavy atom. The summed E-state index contributed by atoms with van der Waals surface area (Å²) in [4.78, 5) is 12.0. The van der Waals surface area contributed by atoms with Gasteiger partial charge in [-0.2, -0.15) is 0 Å². The van der Waals surface area contributed by atoms with Gasteiger partial charge in [-0.25, -0.2) is 0 Å². The van der Waals surface area contributed by atoms with Crippen molar-refractivity contribution in [3.8, 4) is 0 Å². The molecule has 0 spiro atoms. The molecule has 0 amide bonds. The topological polar surface area (TPSA) is 47.6 Å². The van der Waals surface area contributed by atoms with Gasteiger partial charge in [-0.15, -0.1) is 0 Å². The molecule has 4 nitrogen and oxygen atoms in total. The highest BCUT2D eigenvalue weighted by atomic mass is 16.5. The monoisotopic (exact) mass is 283 g/mol. The lowest BCUT2D eigenvalue weighted by Crippen LogP contribution is -2.52. The fraction of sp³-hybridized carbons (Fsp3) is 0.938. The number of carbonyl (C=O) groups excluding carboxylic acids is 1. The van der Waals surface area contributed by atoms with Crippen LogP contribution in [-0.4, -0.2) is 37.4 Å². The van der Waals surface area contributed by atoms with Crippen LogP contribution in [0, 0.1) is 0 Å². The van der Waals surface area contributed by atoms with Crippen molar-refractivity contribution < 1.29 is 14.3 Å². The first-order valence-electron chi connectivity index (χ1n) is 8.12. The minimum atomic E-state index is -0.597. The Kier molecular flexibility index (Phi) is 5.85. The average molecular weight is 283 g/mol. The maximum absolute atomic E-state index is 12.0. The van der Waals surface area contributed by atoms with E-state index in [0.29, 0.717) is 25.2 Å². The summed E-state index contributed by atoms with van der Waals surface area (Å²) in [6, 6.07) is 0.483. The van der Waals surface area contributed by atoms with Crippen LogP contribution in [0.15, 0.2) is 0 Å². The third-order valence-electron chi connectivity index (χ3n) is 4.49. The largest absolute Gasteiger partial charge is 0.468 e. The molecule has 0 radical (unpaired) electrons. The molecule has 0 aromatic rings. The van der Waals surface area contributed by atoms with Crippen LogP contribution in [0.4, 0.5) is 0 Å². The molecule has 20 heavy (non-hydrogen) atoms. The number of nitrogens with one attached hydrogen (secondary N) is 1. The van der Waals surface area contributed by atoms with E-state index in [9.17, 15) is 4.79 Å². The van der Waals surface area contributed by atoms with Crippen molar-refractivity contribution in [1.82, 2.24) is 5.32 Å². The van der Waals surface area contributed by atoms with Gasteiger partial charge in [0.05, 0.1) is 13.2 Å². The Morgan fingerprint density at radius 1 is 1.15 bits per heavy atom. The summed E-state index contributed by atoms with van der Waals surface area (Å²) in [5.74, 6) is -0.172. The van der Waals surface area contributed by atoms with Crippen LogP contribution in [0.1, 0.15) is 64.7 Å². The normalized spacial score (nSPS) is 23.9. The van der Waals surface area contributed by atoms with Gasteiger partial charge in [0.2, 0.25) is 0 Å². The quantitative estimate of drug-likeness (QED) is 0.576. The van der Waals surface area contributed by atoms with Crippen molar-refractivity contribution in [3.63, 3.8) is 0 Å². The molecule has 116 valence electrons. The van der Waals surface area contributed by atoms with Crippen LogP contribution in [0.2, 0.25) is 0 Å². The summed E-state index contributed by atoms with van der Waals surface area (Å²) >= 11 is 0. The van der Waals surface area contributed by atoms with Crippen molar-refractivity contribution >= 4 is 5.97 Å². The smallest absolute Gasteiger partial charge is 0.325 e. The maximum Gasteiger partial charge on any atom is 0.325 e. The zero-order valence-corrected chi connectivity index (χ0v) is 13.0. The van der Waals surface area contributed by atoms with E-state index in [2.05, 4.69) is 5.32 Å². The molecule has 0 heterocycles. The first kappa shape index (κ1) is 15.8. The summed E-state index contributed by atoms with van der Waals surface area (Å²) in [7, 11) is 1.46. The Bertz CT molecular complexity index is 309. The SMILES string of the molecule is COC(=O)C(C)(CCOC1CCCCCC1)NC1CC1. The molecule has 1 N–H and O–H groups in total. The number of ether oxygens (including phenoxy) is 2. The van der Waals surface area contributed by atoms with Gasteiger partial charge in [0.1, 0.15) is 5.54 Å². The Morgan fingerprint density at radius 3 is 2.35 bits per heavy atom. The van der Waals surface area contributed by atoms with Crippen molar-refractivity contribution in [2.45, 2.75) is 82.4 Å². The van der Waals surface area contributed by atoms with E-state index in [1.54, 1.807) is 0 Å². The Labute approximate surface area is 122 Å². The summed E-state index contributed by atoms with van der Waals surface area (Å²) < 4.78 is 11.0. The van der Waals surface area contributed by atoms with E-state index in [4.69, 9.17) is 9.47 Å². The van der Waals surface area contributed by atoms with Crippen molar-refractivity contribution in [3.05, 3.63) is 0 Å². The number of carbonyl (C=O) groups is 1. The summed E-state index contributed by atoms with van der Waals surface area (Å²) in [5.41, 5.74) is -0.597. The van der Waals surface area contributed by atoms with Gasteiger partial charge in [0.15, 0.2) is 0 Å². The minimum absolute atomic E-state index is 0.172. The molecule has 1 atom stereocenters. The number of methoxy groups -OCH3 is 1. The van der Waals surface area contributed by atoms with E-state index in [-0.39, 0.29) is 5.97 Å². The highest BCUT2D eigenvalue weighted by Gasteiger charge is 2.39. The Hall–Kier alpha value is -0.610. The van der Waals surface area contributed by atoms with Crippen LogP contribution in [0.5, 0.6) is 0 Å². The fourth-order valence-corrected chi connectivity index (χ4v) is 2.97. The van der Waals surface area contributed by atoms with Crippen LogP contribution >= 0.6 is 0 Å². The molecular formula is C16H29NO3. The number of hydrogen-bond donors (Lipinski definition) is 1. The van der Waals surface area contributed by atoms with Gasteiger partial charge in [0.25, 0.3) is 0 Å². The van der Waals surface area contributed by atoms with Crippen LogP contribution < -0.4 is 5.32 Å². The van der Waals surface area contributed by atoms with E-state index < -0.39 is 5.54 Å². The minimum Gasteiger partial charge on any atom is -0.468 e. The van der Waals surface area contributed by atoms with E-state index in [0.717, 1.165) is 12.8 Å². The standard InChI is InChI=1S/C16H29NO3/c1-16(15(18)19-2,17-13-9-10-13)11-12-20-14-7-5-3-4-6-8-14/h13-14,17H,3-12H2,1-2H3. The van der Waals surface area contributed by atoms with Crippen LogP contribution in [-0.2, 0) is 14.3 Å². The second-order valence-electron chi connectivity index (χ2n) is 6.48. The second kappa shape index (κ2) is 7.41. The van der Waals surface area contributed by atoms with Gasteiger partial charge >= 0.3 is 5.97 Å². The maximum atomic E-state index is 12.0. The molecule has 1 unspecified atom stereocenters. The summed E-state index contributed by atoms with van der Waals surface area (Å²) in [6.45, 7) is 2.57. The molecule has 0 aliphatic heterocycles. The molecular weight excluding hydrogens is 254 g/mol. The summed E-state index contributed by atoms with van der Waals surface area (Å²) in [6.07, 6.45) is 11.0. The second-order valence-corrected chi connectivity index (χ2v) is 6.48. The third kappa shape index (κ3) is 4.74. The zero-order chi connectivity index (χ0) is 14.4. The van der Waals surface area contributed by atoms with Gasteiger partial charge in [0, 0.05) is 12.6 Å². The van der Waals surface area contributed by atoms with Gasteiger partial charge in [-0.1, -0.05) is 25.7 Å². The van der Waals surface area contributed by atoms with Gasteiger partial charge in [-0.05, 0) is 39.0 Å². The van der Waals surface area contributed by atoms with E-state index in [1.807, 2.05) is 6.92 Å². The van der Waals surface area contributed by atoms with E-state index in [1.165, 1.54) is 45.6 Å². The molecule has 2 rings (SSSR count). The number of esters is 1. The molecule has 2 aliphatic carbocycles. The van der Waals surface area contributed by atoms with Gasteiger partial charge in [-0.3, -0.25) is 10.1 Å². The fourth-order valence-electron chi connectivity index (χ4n) is 2.97. The molecule has 0 bridgehead atoms. The van der Waals surface area contributed by atoms with Crippen molar-refractivity contribution in [1.29, 1.82) is 0 Å². The van der Waals surface area contributed by atoms with Gasteiger partial charge < -0.3 is 9.47 Å². The highest BCUT2D eigenvalue weighted by Crippen LogP contribution is 2.26. The first-order chi connectivity index (χ1) is 9.64. The predicted octanol–water partition coefficient (Wildman–Crippen LogP) is 2.80. The van der Waals surface area contributed by atoms with Crippen LogP contribution in [0.25, 0.3) is 0 Å². The summed E-state index contributed by atoms with van der Waals surface area (Å²) in [5, 5.41) is 3.41. The highest BCUT2D eigenvalue weighted by molar-refractivity contribution is 5.80. The molecule has 2 aliphatic rings. The van der Waals surface area contributed by atoms with Crippen LogP contribution in [0.3, 0.4) is 0 Å². The molecule has 0 aromatic carbocycles. The van der Waals surface area contributed by atoms with Crippen molar-refractivity contribution in [2.75, 3.05) is 13.7 Å². The predicted molar refractivity (Wildman–Crippen MR) is 78.6 cm³/mol. The Balaban J connectivity index is 1.76. The third-order valence-corrected chi connectivity index (χ3v) is 4.49. The molecule has 4 heteroatoms. The lowest BCUT2D eigenvalue weighted by molar-refractivity contribution is -0.149. The number of rotatable bonds is 7. The van der Waals surface area contributed by atoms with E-state index >= 15 is 0 Å². The molecule has 2 fully saturated rings. The molecule has 0 saturated heterocycles. The van der Waals surface area contributed by atoms with Crippen molar-refractivity contribution in [2.24, 2.45) is 0 Å². The molecule has 0 aromatic heterocycles. The number of hydrogen-bond acceptors (Lipinski definition) is 4. The zero-order valence-electron chi connectivity index (χ0n) is 13.0. The average Bonchev–Trinajstić information content (AvgIpc) is 3.25.